The molecular weight excluding hydrogens is 435 g/mol. The van der Waals surface area contributed by atoms with E-state index in [1.54, 1.807) is 37.3 Å². The lowest BCUT2D eigenvalue weighted by atomic mass is 9.55. The summed E-state index contributed by atoms with van der Waals surface area (Å²) in [4.78, 5) is 28.3. The van der Waals surface area contributed by atoms with E-state index < -0.39 is 35.5 Å². The quantitative estimate of drug-likeness (QED) is 0.609. The molecule has 1 fully saturated rings. The van der Waals surface area contributed by atoms with Gasteiger partial charge in [-0.25, -0.2) is 9.59 Å². The van der Waals surface area contributed by atoms with Gasteiger partial charge >= 0.3 is 18.1 Å². The Balaban J connectivity index is 1.96. The molecule has 4 rings (SSSR count). The Kier molecular flexibility index (Phi) is 5.58. The molecule has 1 heterocycles. The van der Waals surface area contributed by atoms with Crippen LogP contribution in [0.15, 0.2) is 47.5 Å². The number of carboxylic acid groups (broad SMARTS) is 1. The molecule has 174 valence electrons. The highest BCUT2D eigenvalue weighted by atomic mass is 19.4. The molecule has 0 bridgehead atoms. The number of esters is 1. The van der Waals surface area contributed by atoms with E-state index in [0.717, 1.165) is 6.42 Å². The van der Waals surface area contributed by atoms with Gasteiger partial charge in [0.15, 0.2) is 0 Å². The van der Waals surface area contributed by atoms with Crippen LogP contribution in [0.2, 0.25) is 0 Å². The lowest BCUT2D eigenvalue weighted by Crippen LogP contribution is -2.56. The standard InChI is InChI=1S/C25H24F3NO4/c1-23-11-3-4-12-24(23,14-25(26,27)28)29-20(15-5-7-16(8-6-15)22(32)33-2)18-10-9-17(21(30)31)13-19(18)23/h5-10,13H,3-4,11-12,14H2,1-2H3,(H,30,31). The van der Waals surface area contributed by atoms with Crippen molar-refractivity contribution in [1.29, 1.82) is 0 Å². The number of carbonyl (C=O) groups excluding carboxylic acids is 1. The largest absolute Gasteiger partial charge is 0.478 e. The Bertz CT molecular complexity index is 1140. The topological polar surface area (TPSA) is 76.0 Å². The molecule has 0 amide bonds. The molecule has 33 heavy (non-hydrogen) atoms. The van der Waals surface area contributed by atoms with E-state index >= 15 is 0 Å². The van der Waals surface area contributed by atoms with Crippen molar-refractivity contribution in [3.63, 3.8) is 0 Å². The summed E-state index contributed by atoms with van der Waals surface area (Å²) in [6, 6.07) is 10.9. The zero-order valence-corrected chi connectivity index (χ0v) is 18.3. The summed E-state index contributed by atoms with van der Waals surface area (Å²) in [5.41, 5.74) is 0.0704. The highest BCUT2D eigenvalue weighted by molar-refractivity contribution is 6.15. The first-order valence-corrected chi connectivity index (χ1v) is 10.7. The fraction of sp³-hybridized carbons (Fsp3) is 0.400. The number of aromatic carboxylic acids is 1. The molecule has 2 aliphatic rings. The zero-order chi connectivity index (χ0) is 24.0. The molecular formula is C25H24F3NO4. The van der Waals surface area contributed by atoms with E-state index in [2.05, 4.69) is 0 Å². The SMILES string of the molecule is COC(=O)c1ccc(C2=NC3(CC(F)(F)F)CCCCC3(C)c3cc(C(=O)O)ccc32)cc1. The third kappa shape index (κ3) is 3.92. The molecule has 2 unspecified atom stereocenters. The maximum Gasteiger partial charge on any atom is 0.391 e. The average Bonchev–Trinajstić information content (AvgIpc) is 2.77. The van der Waals surface area contributed by atoms with Gasteiger partial charge in [-0.2, -0.15) is 13.2 Å². The molecule has 2 atom stereocenters. The number of nitrogens with zero attached hydrogens (tertiary/aromatic N) is 1. The first-order valence-electron chi connectivity index (χ1n) is 10.7. The second-order valence-corrected chi connectivity index (χ2v) is 8.96. The summed E-state index contributed by atoms with van der Waals surface area (Å²) in [7, 11) is 1.27. The molecule has 2 aromatic carbocycles. The Labute approximate surface area is 189 Å². The van der Waals surface area contributed by atoms with Gasteiger partial charge in [-0.15, -0.1) is 0 Å². The third-order valence-electron chi connectivity index (χ3n) is 7.06. The van der Waals surface area contributed by atoms with Crippen LogP contribution in [0.5, 0.6) is 0 Å². The van der Waals surface area contributed by atoms with Crippen molar-refractivity contribution < 1.29 is 32.6 Å². The van der Waals surface area contributed by atoms with Crippen LogP contribution in [0.25, 0.3) is 0 Å². The van der Waals surface area contributed by atoms with Crippen molar-refractivity contribution in [2.75, 3.05) is 7.11 Å². The molecule has 8 heteroatoms. The molecule has 1 aliphatic heterocycles. The molecule has 2 aromatic rings. The first kappa shape index (κ1) is 23.0. The number of methoxy groups -OCH3 is 1. The Hall–Kier alpha value is -3.16. The number of aliphatic imine (C=N–C) groups is 1. The highest BCUT2D eigenvalue weighted by Crippen LogP contribution is 2.56. The summed E-state index contributed by atoms with van der Waals surface area (Å²) >= 11 is 0. The van der Waals surface area contributed by atoms with E-state index in [4.69, 9.17) is 9.73 Å². The maximum absolute atomic E-state index is 13.9. The lowest BCUT2D eigenvalue weighted by Gasteiger charge is -2.53. The number of alkyl halides is 3. The van der Waals surface area contributed by atoms with Crippen LogP contribution in [0.1, 0.15) is 76.4 Å². The number of hydrogen-bond donors (Lipinski definition) is 1. The van der Waals surface area contributed by atoms with Crippen LogP contribution in [-0.4, -0.2) is 41.6 Å². The normalized spacial score (nSPS) is 24.3. The number of ether oxygens (including phenoxy) is 1. The van der Waals surface area contributed by atoms with Gasteiger partial charge in [0, 0.05) is 16.5 Å². The van der Waals surface area contributed by atoms with E-state index in [9.17, 15) is 27.9 Å². The van der Waals surface area contributed by atoms with Gasteiger partial charge in [0.05, 0.1) is 35.9 Å². The molecule has 0 radical (unpaired) electrons. The molecule has 0 aromatic heterocycles. The smallest absolute Gasteiger partial charge is 0.391 e. The number of benzene rings is 2. The van der Waals surface area contributed by atoms with Gasteiger partial charge in [-0.05, 0) is 42.7 Å². The number of carbonyl (C=O) groups is 2. The van der Waals surface area contributed by atoms with Gasteiger partial charge in [0.2, 0.25) is 0 Å². The van der Waals surface area contributed by atoms with Gasteiger partial charge in [-0.3, -0.25) is 4.99 Å². The Morgan fingerprint density at radius 2 is 1.70 bits per heavy atom. The Morgan fingerprint density at radius 1 is 1.06 bits per heavy atom. The molecule has 0 spiro atoms. The van der Waals surface area contributed by atoms with Gasteiger partial charge in [0.1, 0.15) is 0 Å². The number of carboxylic acids is 1. The molecule has 1 saturated carbocycles. The van der Waals surface area contributed by atoms with Crippen molar-refractivity contribution in [2.45, 2.75) is 56.2 Å². The summed E-state index contributed by atoms with van der Waals surface area (Å²) in [5, 5.41) is 9.55. The number of halogens is 3. The van der Waals surface area contributed by atoms with Crippen LogP contribution in [-0.2, 0) is 10.2 Å². The zero-order valence-electron chi connectivity index (χ0n) is 18.3. The monoisotopic (exact) mass is 459 g/mol. The lowest BCUT2D eigenvalue weighted by molar-refractivity contribution is -0.156. The van der Waals surface area contributed by atoms with Gasteiger partial charge < -0.3 is 9.84 Å². The maximum atomic E-state index is 13.9. The number of hydrogen-bond acceptors (Lipinski definition) is 4. The van der Waals surface area contributed by atoms with Crippen LogP contribution in [0.4, 0.5) is 13.2 Å². The summed E-state index contributed by atoms with van der Waals surface area (Å²) < 4.78 is 46.3. The van der Waals surface area contributed by atoms with Crippen LogP contribution >= 0.6 is 0 Å². The minimum Gasteiger partial charge on any atom is -0.478 e. The molecule has 1 aliphatic carbocycles. The molecule has 5 nitrogen and oxygen atoms in total. The van der Waals surface area contributed by atoms with E-state index in [0.29, 0.717) is 40.8 Å². The first-order chi connectivity index (χ1) is 15.5. The highest BCUT2D eigenvalue weighted by Gasteiger charge is 2.58. The van der Waals surface area contributed by atoms with E-state index in [-0.39, 0.29) is 12.0 Å². The second-order valence-electron chi connectivity index (χ2n) is 8.96. The van der Waals surface area contributed by atoms with E-state index in [1.807, 2.05) is 0 Å². The van der Waals surface area contributed by atoms with Crippen molar-refractivity contribution in [3.8, 4) is 0 Å². The van der Waals surface area contributed by atoms with Crippen molar-refractivity contribution in [2.24, 2.45) is 4.99 Å². The Morgan fingerprint density at radius 3 is 2.30 bits per heavy atom. The number of rotatable bonds is 4. The third-order valence-corrected chi connectivity index (χ3v) is 7.06. The van der Waals surface area contributed by atoms with Crippen LogP contribution < -0.4 is 0 Å². The summed E-state index contributed by atoms with van der Waals surface area (Å²) in [6.07, 6.45) is -3.44. The molecule has 0 saturated heterocycles. The predicted octanol–water partition coefficient (Wildman–Crippen LogP) is 5.55. The minimum absolute atomic E-state index is 0.0312. The average molecular weight is 459 g/mol. The van der Waals surface area contributed by atoms with Crippen molar-refractivity contribution in [1.82, 2.24) is 0 Å². The summed E-state index contributed by atoms with van der Waals surface area (Å²) in [6.45, 7) is 1.78. The second kappa shape index (κ2) is 8.01. The summed E-state index contributed by atoms with van der Waals surface area (Å²) in [5.74, 6) is -1.66. The van der Waals surface area contributed by atoms with Crippen molar-refractivity contribution >= 4 is 17.7 Å². The predicted molar refractivity (Wildman–Crippen MR) is 116 cm³/mol. The van der Waals surface area contributed by atoms with Crippen LogP contribution in [0.3, 0.4) is 0 Å². The fourth-order valence-electron chi connectivity index (χ4n) is 5.34. The number of fused-ring (bicyclic) bond motifs is 3. The van der Waals surface area contributed by atoms with Gasteiger partial charge in [0.25, 0.3) is 0 Å². The van der Waals surface area contributed by atoms with E-state index in [1.165, 1.54) is 19.2 Å². The fourth-order valence-corrected chi connectivity index (χ4v) is 5.34. The molecule has 1 N–H and O–H groups in total. The van der Waals surface area contributed by atoms with Crippen LogP contribution in [0, 0.1) is 0 Å². The van der Waals surface area contributed by atoms with Crippen molar-refractivity contribution in [3.05, 3.63) is 70.3 Å². The minimum atomic E-state index is -4.44. The van der Waals surface area contributed by atoms with Gasteiger partial charge in [-0.1, -0.05) is 38.0 Å².